The molecular formula is C41H45N6O7P. The highest BCUT2D eigenvalue weighted by Crippen LogP contribution is 2.21. The first kappa shape index (κ1) is 40.3. The van der Waals surface area contributed by atoms with E-state index in [0.29, 0.717) is 5.69 Å². The smallest absolute Gasteiger partial charge is 0.408 e. The minimum atomic E-state index is -2.63. The molecule has 0 fully saturated rings. The van der Waals surface area contributed by atoms with Crippen molar-refractivity contribution >= 4 is 48.4 Å². The summed E-state index contributed by atoms with van der Waals surface area (Å²) in [7, 11) is -2.63. The van der Waals surface area contributed by atoms with E-state index in [-0.39, 0.29) is 38.3 Å². The van der Waals surface area contributed by atoms with Crippen LogP contribution < -0.4 is 26.2 Å². The lowest BCUT2D eigenvalue weighted by Gasteiger charge is -2.25. The van der Waals surface area contributed by atoms with Gasteiger partial charge in [-0.15, -0.1) is 0 Å². The molecule has 0 radical (unpaired) electrons. The molecule has 0 aliphatic heterocycles. The fourth-order valence-corrected chi connectivity index (χ4v) is 6.54. The molecule has 0 aliphatic rings. The Balaban J connectivity index is 1.32. The molecule has 14 heteroatoms. The Morgan fingerprint density at radius 2 is 1.45 bits per heavy atom. The van der Waals surface area contributed by atoms with Crippen LogP contribution in [0.3, 0.4) is 0 Å². The Labute approximate surface area is 320 Å². The van der Waals surface area contributed by atoms with Gasteiger partial charge in [0.1, 0.15) is 18.7 Å². The number of imidazole rings is 1. The van der Waals surface area contributed by atoms with Crippen LogP contribution in [0.5, 0.6) is 0 Å². The molecule has 0 spiro atoms. The Morgan fingerprint density at radius 1 is 0.800 bits per heavy atom. The molecule has 55 heavy (non-hydrogen) atoms. The standard InChI is InChI=1S/C41H45N6O7P/c1-28(2)20-38(54-55(52)26-37(48)43-23-29-12-5-3-6-13-29)47-40(50)36(22-33-24-42-27-44-33)45-39(49)35(46-41(51)53-25-30-14-7-4-8-15-30)21-32-18-11-17-31-16-9-10-19-34(31)32/h3-19,24,26-28,35-36,38H,20-23,25H2,1-2H3,(H,42,44)(H,43,48)(H,45,49)(H,46,51)(H,47,50)/t35-,36-,38?/m1/s1. The predicted molar refractivity (Wildman–Crippen MR) is 209 cm³/mol. The monoisotopic (exact) mass is 764 g/mol. The highest BCUT2D eigenvalue weighted by Gasteiger charge is 2.31. The second-order valence-corrected chi connectivity index (χ2v) is 14.3. The van der Waals surface area contributed by atoms with E-state index < -0.39 is 50.1 Å². The predicted octanol–water partition coefficient (Wildman–Crippen LogP) is 4.42. The number of rotatable bonds is 18. The third-order valence-electron chi connectivity index (χ3n) is 8.49. The first-order valence-corrected chi connectivity index (χ1v) is 19.2. The molecular weight excluding hydrogens is 719 g/mol. The lowest BCUT2D eigenvalue weighted by molar-refractivity contribution is -0.177. The van der Waals surface area contributed by atoms with Crippen molar-refractivity contribution in [3.05, 3.63) is 138 Å². The highest BCUT2D eigenvalue weighted by molar-refractivity contribution is 7.47. The molecule has 4 amide bonds. The molecule has 4 aromatic carbocycles. The van der Waals surface area contributed by atoms with E-state index >= 15 is 0 Å². The highest BCUT2D eigenvalue weighted by atomic mass is 31.1. The van der Waals surface area contributed by atoms with Crippen LogP contribution in [0, 0.1) is 5.92 Å². The van der Waals surface area contributed by atoms with Crippen LogP contribution >= 0.6 is 8.00 Å². The van der Waals surface area contributed by atoms with Gasteiger partial charge < -0.3 is 35.9 Å². The van der Waals surface area contributed by atoms with Crippen molar-refractivity contribution in [3.63, 3.8) is 0 Å². The van der Waals surface area contributed by atoms with Crippen molar-refractivity contribution in [1.29, 1.82) is 0 Å². The number of hydrogen-bond acceptors (Lipinski definition) is 8. The van der Waals surface area contributed by atoms with Gasteiger partial charge in [0.15, 0.2) is 6.23 Å². The summed E-state index contributed by atoms with van der Waals surface area (Å²) in [4.78, 5) is 73.7. The zero-order valence-electron chi connectivity index (χ0n) is 30.6. The second-order valence-electron chi connectivity index (χ2n) is 13.3. The van der Waals surface area contributed by atoms with Crippen molar-refractivity contribution in [2.75, 3.05) is 0 Å². The van der Waals surface area contributed by atoms with E-state index in [1.165, 1.54) is 12.5 Å². The molecule has 0 aliphatic carbocycles. The molecule has 4 atom stereocenters. The summed E-state index contributed by atoms with van der Waals surface area (Å²) in [5.41, 5.74) is 3.00. The number of nitrogens with zero attached hydrogens (tertiary/aromatic N) is 1. The molecule has 5 rings (SSSR count). The minimum absolute atomic E-state index is 0.00238. The summed E-state index contributed by atoms with van der Waals surface area (Å²) in [6.07, 6.45) is 1.47. The van der Waals surface area contributed by atoms with Gasteiger partial charge in [0.2, 0.25) is 25.6 Å². The van der Waals surface area contributed by atoms with E-state index in [1.807, 2.05) is 117 Å². The molecule has 5 aromatic rings. The average molecular weight is 765 g/mol. The van der Waals surface area contributed by atoms with Gasteiger partial charge in [-0.05, 0) is 39.8 Å². The van der Waals surface area contributed by atoms with Gasteiger partial charge in [-0.3, -0.25) is 14.4 Å². The van der Waals surface area contributed by atoms with Gasteiger partial charge >= 0.3 is 6.09 Å². The first-order valence-electron chi connectivity index (χ1n) is 17.9. The summed E-state index contributed by atoms with van der Waals surface area (Å²) >= 11 is 0. The molecule has 5 N–H and O–H groups in total. The van der Waals surface area contributed by atoms with Gasteiger partial charge in [0, 0.05) is 31.3 Å². The summed E-state index contributed by atoms with van der Waals surface area (Å²) in [5, 5.41) is 12.8. The van der Waals surface area contributed by atoms with Crippen LogP contribution in [0.2, 0.25) is 0 Å². The van der Waals surface area contributed by atoms with E-state index in [4.69, 9.17) is 9.26 Å². The quantitative estimate of drug-likeness (QED) is 0.0641. The van der Waals surface area contributed by atoms with E-state index in [9.17, 15) is 24.1 Å². The molecule has 1 aromatic heterocycles. The third kappa shape index (κ3) is 13.2. The van der Waals surface area contributed by atoms with Crippen molar-refractivity contribution in [2.24, 2.45) is 5.92 Å². The number of hydrogen-bond donors (Lipinski definition) is 5. The van der Waals surface area contributed by atoms with Crippen LogP contribution in [0.1, 0.15) is 42.7 Å². The van der Waals surface area contributed by atoms with E-state index in [2.05, 4.69) is 31.2 Å². The number of carbonyl (C=O) groups excluding carboxylic acids is 4. The molecule has 13 nitrogen and oxygen atoms in total. The van der Waals surface area contributed by atoms with Crippen molar-refractivity contribution in [2.45, 2.75) is 64.6 Å². The van der Waals surface area contributed by atoms with Crippen LogP contribution in [-0.4, -0.2) is 57.9 Å². The van der Waals surface area contributed by atoms with Crippen LogP contribution in [-0.2, 0) is 49.6 Å². The molecule has 286 valence electrons. The molecule has 0 bridgehead atoms. The number of nitrogens with one attached hydrogen (secondary N) is 5. The van der Waals surface area contributed by atoms with Crippen LogP contribution in [0.4, 0.5) is 4.79 Å². The average Bonchev–Trinajstić information content (AvgIpc) is 3.69. The van der Waals surface area contributed by atoms with Gasteiger partial charge in [0.25, 0.3) is 5.91 Å². The van der Waals surface area contributed by atoms with Crippen LogP contribution in [0.15, 0.2) is 116 Å². The second kappa shape index (κ2) is 20.5. The number of alkyl carbamates (subject to hydrolysis) is 1. The number of ether oxygens (including phenoxy) is 1. The summed E-state index contributed by atoms with van der Waals surface area (Å²) in [5.74, 6) is -0.934. The first-order chi connectivity index (χ1) is 26.6. The van der Waals surface area contributed by atoms with Gasteiger partial charge in [-0.1, -0.05) is 117 Å². The maximum atomic E-state index is 14.1. The maximum Gasteiger partial charge on any atom is 0.408 e. The largest absolute Gasteiger partial charge is 0.603 e. The van der Waals surface area contributed by atoms with Crippen LogP contribution in [0.25, 0.3) is 10.8 Å². The third-order valence-corrected chi connectivity index (χ3v) is 9.40. The van der Waals surface area contributed by atoms with Gasteiger partial charge in [0.05, 0.1) is 6.33 Å². The molecule has 0 saturated carbocycles. The Hall–Kier alpha value is -5.88. The Bertz CT molecular complexity index is 2040. The lowest BCUT2D eigenvalue weighted by Crippen LogP contribution is -2.56. The van der Waals surface area contributed by atoms with Crippen molar-refractivity contribution in [3.8, 4) is 0 Å². The van der Waals surface area contributed by atoms with E-state index in [1.54, 1.807) is 0 Å². The summed E-state index contributed by atoms with van der Waals surface area (Å²) in [6, 6.07) is 29.5. The number of H-pyrrole nitrogens is 1. The Morgan fingerprint density at radius 3 is 2.16 bits per heavy atom. The summed E-state index contributed by atoms with van der Waals surface area (Å²) < 4.78 is 11.1. The fourth-order valence-electron chi connectivity index (χ4n) is 5.80. The lowest BCUT2D eigenvalue weighted by atomic mass is 9.98. The summed E-state index contributed by atoms with van der Waals surface area (Å²) in [6.45, 7) is 4.03. The number of aromatic amines is 1. The number of fused-ring (bicyclic) bond motifs is 1. The van der Waals surface area contributed by atoms with Crippen molar-refractivity contribution < 1.29 is 33.3 Å². The fraction of sp³-hybridized carbons (Fsp3) is 0.268. The minimum Gasteiger partial charge on any atom is -0.603 e. The maximum absolute atomic E-state index is 14.1. The van der Waals surface area contributed by atoms with Gasteiger partial charge in [-0.25, -0.2) is 9.78 Å². The number of carbonyl (C=O) groups is 4. The zero-order chi connectivity index (χ0) is 39.0. The van der Waals surface area contributed by atoms with Crippen molar-refractivity contribution in [1.82, 2.24) is 31.2 Å². The molecule has 1 heterocycles. The molecule has 0 saturated heterocycles. The number of amides is 4. The van der Waals surface area contributed by atoms with E-state index in [0.717, 1.165) is 33.3 Å². The van der Waals surface area contributed by atoms with Gasteiger partial charge in [-0.2, -0.15) is 4.52 Å². The number of aromatic nitrogens is 2. The Kier molecular flexibility index (Phi) is 15.1. The molecule has 2 unspecified atom stereocenters. The number of benzene rings is 4. The normalized spacial score (nSPS) is 13.1. The SMILES string of the molecule is CC(C)CC(NC(=O)[C@@H](Cc1cnc[nH]1)NC(=O)[C@@H](Cc1cccc2ccccc12)NC(=O)OCc1ccccc1)O/[P+]([O-])=C/C(=O)NCc1ccccc1. The zero-order valence-corrected chi connectivity index (χ0v) is 31.5. The topological polar surface area (TPSA) is 187 Å².